The standard InChI is InChI=1S/C21H36BNOP/c1-15-11-16(2)13-17(12-15)19-23-18(14-24-19)9-10-25(22,20(3,4)5)21(6,7)8/h11-13,18H,9-10,14,22H2,1-8H3/q+1/t18-/m0/s1. The van der Waals surface area contributed by atoms with Gasteiger partial charge >= 0.3 is 7.57 Å². The van der Waals surface area contributed by atoms with E-state index < -0.39 is 7.14 Å². The lowest BCUT2D eigenvalue weighted by atomic mass is 10.1. The van der Waals surface area contributed by atoms with E-state index in [0.29, 0.717) is 16.4 Å². The summed E-state index contributed by atoms with van der Waals surface area (Å²) in [6, 6.07) is 6.85. The molecule has 25 heavy (non-hydrogen) atoms. The fraction of sp³-hybridized carbons (Fsp3) is 0.667. The molecule has 0 saturated heterocycles. The third kappa shape index (κ3) is 4.48. The van der Waals surface area contributed by atoms with Crippen molar-refractivity contribution in [1.29, 1.82) is 0 Å². The van der Waals surface area contributed by atoms with Crippen molar-refractivity contribution in [3.63, 3.8) is 0 Å². The van der Waals surface area contributed by atoms with Gasteiger partial charge in [0.2, 0.25) is 5.90 Å². The maximum atomic E-state index is 5.96. The Labute approximate surface area is 156 Å². The Morgan fingerprint density at radius 2 is 1.56 bits per heavy atom. The molecule has 1 atom stereocenters. The van der Waals surface area contributed by atoms with Crippen molar-refractivity contribution in [1.82, 2.24) is 0 Å². The average molecular weight is 360 g/mol. The molecule has 1 heterocycles. The van der Waals surface area contributed by atoms with E-state index in [2.05, 4.69) is 81.2 Å². The predicted molar refractivity (Wildman–Crippen MR) is 117 cm³/mol. The zero-order chi connectivity index (χ0) is 19.0. The summed E-state index contributed by atoms with van der Waals surface area (Å²) in [6.07, 6.45) is 2.41. The highest BCUT2D eigenvalue weighted by atomic mass is 31.2. The number of aryl methyl sites for hydroxylation is 2. The van der Waals surface area contributed by atoms with Gasteiger partial charge in [-0.1, -0.05) is 17.2 Å². The molecular weight excluding hydrogens is 324 g/mol. The van der Waals surface area contributed by atoms with Gasteiger partial charge in [0.1, 0.15) is 6.61 Å². The van der Waals surface area contributed by atoms with Crippen LogP contribution in [0.1, 0.15) is 64.7 Å². The number of rotatable bonds is 4. The van der Waals surface area contributed by atoms with E-state index in [1.54, 1.807) is 0 Å². The van der Waals surface area contributed by atoms with Gasteiger partial charge in [0.25, 0.3) is 0 Å². The number of benzene rings is 1. The second-order valence-electron chi connectivity index (χ2n) is 9.82. The summed E-state index contributed by atoms with van der Waals surface area (Å²) >= 11 is 0. The Morgan fingerprint density at radius 1 is 1.04 bits per heavy atom. The van der Waals surface area contributed by atoms with E-state index in [4.69, 9.17) is 9.73 Å². The monoisotopic (exact) mass is 360 g/mol. The van der Waals surface area contributed by atoms with Crippen LogP contribution in [-0.2, 0) is 4.74 Å². The van der Waals surface area contributed by atoms with Crippen LogP contribution in [0, 0.1) is 13.8 Å². The molecule has 1 aromatic rings. The van der Waals surface area contributed by atoms with Gasteiger partial charge in [-0.05, 0) is 74.7 Å². The van der Waals surface area contributed by atoms with Crippen LogP contribution in [0.5, 0.6) is 0 Å². The summed E-state index contributed by atoms with van der Waals surface area (Å²) in [5.41, 5.74) is 3.66. The van der Waals surface area contributed by atoms with Crippen molar-refractivity contribution in [2.24, 2.45) is 4.99 Å². The molecule has 4 heteroatoms. The highest BCUT2D eigenvalue weighted by Gasteiger charge is 2.52. The Bertz CT molecular complexity index is 621. The number of nitrogens with zero attached hydrogens (tertiary/aromatic N) is 1. The van der Waals surface area contributed by atoms with Crippen LogP contribution >= 0.6 is 7.14 Å². The largest absolute Gasteiger partial charge is 0.475 e. The van der Waals surface area contributed by atoms with Crippen molar-refractivity contribution in [2.45, 2.75) is 78.2 Å². The van der Waals surface area contributed by atoms with Gasteiger partial charge in [0, 0.05) is 18.1 Å². The minimum absolute atomic E-state index is 0.305. The molecule has 1 aliphatic rings. The maximum absolute atomic E-state index is 5.96. The molecule has 0 spiro atoms. The average Bonchev–Trinajstić information content (AvgIpc) is 2.90. The summed E-state index contributed by atoms with van der Waals surface area (Å²) in [5, 5.41) is 0.732. The molecule has 0 aromatic heterocycles. The first-order valence-electron chi connectivity index (χ1n) is 9.48. The minimum atomic E-state index is -1.12. The van der Waals surface area contributed by atoms with E-state index in [-0.39, 0.29) is 0 Å². The van der Waals surface area contributed by atoms with Gasteiger partial charge < -0.3 is 4.74 Å². The fourth-order valence-electron chi connectivity index (χ4n) is 3.90. The topological polar surface area (TPSA) is 21.6 Å². The molecule has 0 unspecified atom stereocenters. The number of hydrogen-bond acceptors (Lipinski definition) is 2. The Kier molecular flexibility index (Phi) is 5.79. The van der Waals surface area contributed by atoms with Crippen LogP contribution in [0.15, 0.2) is 23.2 Å². The van der Waals surface area contributed by atoms with Crippen LogP contribution in [0.25, 0.3) is 0 Å². The molecule has 0 N–H and O–H groups in total. The van der Waals surface area contributed by atoms with Crippen LogP contribution in [-0.4, -0.2) is 42.6 Å². The zero-order valence-electron chi connectivity index (χ0n) is 17.7. The molecule has 0 fully saturated rings. The second kappa shape index (κ2) is 7.07. The predicted octanol–water partition coefficient (Wildman–Crippen LogP) is 5.00. The second-order valence-corrected chi connectivity index (χ2v) is 15.3. The van der Waals surface area contributed by atoms with Crippen molar-refractivity contribution in [2.75, 3.05) is 12.8 Å². The number of hydrogen-bond donors (Lipinski definition) is 0. The lowest BCUT2D eigenvalue weighted by molar-refractivity contribution is 0.315. The number of ether oxygens (including phenoxy) is 1. The smallest absolute Gasteiger partial charge is 0.307 e. The maximum Gasteiger partial charge on any atom is 0.307 e. The van der Waals surface area contributed by atoms with Crippen LogP contribution in [0.3, 0.4) is 0 Å². The third-order valence-corrected chi connectivity index (χ3v) is 13.1. The third-order valence-electron chi connectivity index (χ3n) is 6.05. The summed E-state index contributed by atoms with van der Waals surface area (Å²) in [5.74, 6) is 0.836. The van der Waals surface area contributed by atoms with Crippen LogP contribution < -0.4 is 0 Å². The van der Waals surface area contributed by atoms with Crippen LogP contribution in [0.2, 0.25) is 0 Å². The minimum Gasteiger partial charge on any atom is -0.475 e. The molecule has 0 radical (unpaired) electrons. The number of aliphatic imine (C=N–C) groups is 1. The van der Waals surface area contributed by atoms with Gasteiger partial charge in [0.05, 0.1) is 16.4 Å². The lowest BCUT2D eigenvalue weighted by Crippen LogP contribution is -2.36. The first kappa shape index (κ1) is 20.5. The molecule has 1 aliphatic heterocycles. The van der Waals surface area contributed by atoms with E-state index >= 15 is 0 Å². The zero-order valence-corrected chi connectivity index (χ0v) is 18.6. The molecule has 2 rings (SSSR count). The quantitative estimate of drug-likeness (QED) is 0.547. The normalized spacial score (nSPS) is 18.9. The molecule has 0 saturated carbocycles. The highest BCUT2D eigenvalue weighted by molar-refractivity contribution is 7.99. The Balaban J connectivity index is 2.13. The van der Waals surface area contributed by atoms with Gasteiger partial charge in [-0.25, -0.2) is 4.99 Å². The van der Waals surface area contributed by atoms with Gasteiger partial charge in [0.15, 0.2) is 0 Å². The molecule has 0 aliphatic carbocycles. The van der Waals surface area contributed by atoms with Crippen molar-refractivity contribution < 1.29 is 4.74 Å². The molecule has 138 valence electrons. The Hall–Kier alpha value is -0.815. The molecule has 1 aromatic carbocycles. The summed E-state index contributed by atoms with van der Waals surface area (Å²) in [6.45, 7) is 19.5. The Morgan fingerprint density at radius 3 is 2.04 bits per heavy atom. The van der Waals surface area contributed by atoms with E-state index in [9.17, 15) is 0 Å². The first-order chi connectivity index (χ1) is 11.3. The van der Waals surface area contributed by atoms with E-state index in [1.165, 1.54) is 17.3 Å². The molecular formula is C21H36BNOP+. The van der Waals surface area contributed by atoms with Crippen LogP contribution in [0.4, 0.5) is 0 Å². The van der Waals surface area contributed by atoms with E-state index in [1.807, 2.05) is 0 Å². The van der Waals surface area contributed by atoms with Crippen molar-refractivity contribution in [3.8, 4) is 0 Å². The summed E-state index contributed by atoms with van der Waals surface area (Å²) < 4.78 is 5.96. The van der Waals surface area contributed by atoms with Gasteiger partial charge in [-0.3, -0.25) is 0 Å². The summed E-state index contributed by atoms with van der Waals surface area (Å²) in [7, 11) is 1.43. The SMILES string of the molecule is B[P+](CC[C@H]1COC(c2cc(C)cc(C)c2)=N1)(C(C)(C)C)C(C)(C)C. The lowest BCUT2D eigenvalue weighted by Gasteiger charge is -2.46. The summed E-state index contributed by atoms with van der Waals surface area (Å²) in [4.78, 5) is 4.92. The van der Waals surface area contributed by atoms with Crippen molar-refractivity contribution >= 4 is 20.6 Å². The van der Waals surface area contributed by atoms with Crippen molar-refractivity contribution in [3.05, 3.63) is 34.9 Å². The molecule has 2 nitrogen and oxygen atoms in total. The van der Waals surface area contributed by atoms with Gasteiger partial charge in [-0.2, -0.15) is 0 Å². The fourth-order valence-corrected chi connectivity index (χ4v) is 8.07. The molecule has 0 bridgehead atoms. The highest BCUT2D eigenvalue weighted by Crippen LogP contribution is 2.73. The van der Waals surface area contributed by atoms with Gasteiger partial charge in [-0.15, -0.1) is 0 Å². The van der Waals surface area contributed by atoms with E-state index in [0.717, 1.165) is 24.5 Å². The first-order valence-corrected chi connectivity index (χ1v) is 11.9. The molecule has 0 amide bonds.